The van der Waals surface area contributed by atoms with E-state index in [0.717, 1.165) is 23.4 Å². The van der Waals surface area contributed by atoms with Gasteiger partial charge in [-0.3, -0.25) is 0 Å². The van der Waals surface area contributed by atoms with Crippen LogP contribution in [0.4, 0.5) is 10.1 Å². The van der Waals surface area contributed by atoms with E-state index in [1.807, 2.05) is 30.1 Å². The molecule has 0 bridgehead atoms. The van der Waals surface area contributed by atoms with Gasteiger partial charge in [0.05, 0.1) is 39.9 Å². The molecule has 0 saturated carbocycles. The number of fused-ring (bicyclic) bond motifs is 1. The van der Waals surface area contributed by atoms with Crippen molar-refractivity contribution in [2.45, 2.75) is 30.0 Å². The fourth-order valence-electron chi connectivity index (χ4n) is 3.01. The Morgan fingerprint density at radius 2 is 2.36 bits per heavy atom. The highest BCUT2D eigenvalue weighted by molar-refractivity contribution is 7.88. The molecule has 1 fully saturated rings. The van der Waals surface area contributed by atoms with Gasteiger partial charge in [-0.1, -0.05) is 12.1 Å². The standard InChI is InChI=1S/C16H18FN3OS/c1-20-8-6-14(13(17)9-20)19-15-4-2-3-12-11(5-7-18)10-22(21)16(12)15/h2-4,10,13-14,19H,5-6,8-9H2,1H3/t13-,14+,22?/m0/s1. The average Bonchev–Trinajstić information content (AvgIpc) is 2.80. The van der Waals surface area contributed by atoms with Crippen LogP contribution in [0.2, 0.25) is 0 Å². The van der Waals surface area contributed by atoms with Crippen LogP contribution in [0.3, 0.4) is 0 Å². The number of hydrogen-bond acceptors (Lipinski definition) is 4. The Balaban J connectivity index is 1.86. The van der Waals surface area contributed by atoms with Gasteiger partial charge in [0.1, 0.15) is 6.17 Å². The first kappa shape index (κ1) is 15.2. The van der Waals surface area contributed by atoms with Gasteiger partial charge in [-0.15, -0.1) is 0 Å². The van der Waals surface area contributed by atoms with E-state index in [4.69, 9.17) is 5.26 Å². The molecular weight excluding hydrogens is 301 g/mol. The lowest BCUT2D eigenvalue weighted by atomic mass is 10.0. The molecule has 1 N–H and O–H groups in total. The minimum atomic E-state index is -1.27. The number of anilines is 1. The maximum absolute atomic E-state index is 14.2. The number of alkyl halides is 1. The van der Waals surface area contributed by atoms with Crippen molar-refractivity contribution in [2.24, 2.45) is 0 Å². The van der Waals surface area contributed by atoms with Gasteiger partial charge in [0.25, 0.3) is 0 Å². The van der Waals surface area contributed by atoms with Crippen LogP contribution >= 0.6 is 0 Å². The first-order valence-corrected chi connectivity index (χ1v) is 8.52. The summed E-state index contributed by atoms with van der Waals surface area (Å²) >= 11 is 0. The molecule has 0 amide bonds. The second kappa shape index (κ2) is 6.19. The Morgan fingerprint density at radius 1 is 1.55 bits per heavy atom. The van der Waals surface area contributed by atoms with Crippen molar-refractivity contribution in [1.82, 2.24) is 4.90 Å². The minimum absolute atomic E-state index is 0.238. The molecule has 3 atom stereocenters. The number of benzene rings is 1. The zero-order valence-electron chi connectivity index (χ0n) is 12.4. The SMILES string of the molecule is CN1CC[C@@H](Nc2cccc3c2S(=O)C=C3CC#N)[C@@H](F)C1. The summed E-state index contributed by atoms with van der Waals surface area (Å²) in [7, 11) is 0.641. The summed E-state index contributed by atoms with van der Waals surface area (Å²) < 4.78 is 26.5. The lowest BCUT2D eigenvalue weighted by Gasteiger charge is -2.33. The lowest BCUT2D eigenvalue weighted by Crippen LogP contribution is -2.46. The van der Waals surface area contributed by atoms with E-state index in [9.17, 15) is 8.60 Å². The van der Waals surface area contributed by atoms with Gasteiger partial charge in [0, 0.05) is 18.5 Å². The van der Waals surface area contributed by atoms with Crippen molar-refractivity contribution < 1.29 is 8.60 Å². The predicted molar refractivity (Wildman–Crippen MR) is 85.5 cm³/mol. The highest BCUT2D eigenvalue weighted by atomic mass is 32.2. The third kappa shape index (κ3) is 2.79. The number of allylic oxidation sites excluding steroid dienone is 1. The molecule has 0 radical (unpaired) electrons. The molecule has 0 aromatic heterocycles. The monoisotopic (exact) mass is 319 g/mol. The summed E-state index contributed by atoms with van der Waals surface area (Å²) in [4.78, 5) is 2.65. The summed E-state index contributed by atoms with van der Waals surface area (Å²) in [6.45, 7) is 1.25. The van der Waals surface area contributed by atoms with Crippen LogP contribution in [-0.4, -0.2) is 41.5 Å². The van der Waals surface area contributed by atoms with Crippen LogP contribution < -0.4 is 5.32 Å². The topological polar surface area (TPSA) is 56.1 Å². The molecule has 2 aliphatic heterocycles. The van der Waals surface area contributed by atoms with Crippen LogP contribution in [0, 0.1) is 11.3 Å². The predicted octanol–water partition coefficient (Wildman–Crippen LogP) is 2.52. The first-order valence-electron chi connectivity index (χ1n) is 7.31. The zero-order chi connectivity index (χ0) is 15.7. The quantitative estimate of drug-likeness (QED) is 0.930. The number of nitrogens with one attached hydrogen (secondary N) is 1. The van der Waals surface area contributed by atoms with Gasteiger partial charge in [-0.05, 0) is 30.7 Å². The molecule has 0 aliphatic carbocycles. The lowest BCUT2D eigenvalue weighted by molar-refractivity contribution is 0.149. The second-order valence-electron chi connectivity index (χ2n) is 5.78. The van der Waals surface area contributed by atoms with Gasteiger partial charge in [-0.2, -0.15) is 5.26 Å². The van der Waals surface area contributed by atoms with Gasteiger partial charge in [0.15, 0.2) is 0 Å². The molecule has 1 aromatic rings. The fourth-order valence-corrected chi connectivity index (χ4v) is 4.36. The molecule has 1 aromatic carbocycles. The van der Waals surface area contributed by atoms with E-state index in [1.165, 1.54) is 0 Å². The van der Waals surface area contributed by atoms with Gasteiger partial charge < -0.3 is 10.2 Å². The summed E-state index contributed by atoms with van der Waals surface area (Å²) in [5, 5.41) is 13.7. The van der Waals surface area contributed by atoms with Gasteiger partial charge >= 0.3 is 0 Å². The van der Waals surface area contributed by atoms with Crippen LogP contribution in [-0.2, 0) is 10.8 Å². The molecule has 2 heterocycles. The highest BCUT2D eigenvalue weighted by Gasteiger charge is 2.30. The molecule has 6 heteroatoms. The van der Waals surface area contributed by atoms with Crippen LogP contribution in [0.1, 0.15) is 18.4 Å². The Morgan fingerprint density at radius 3 is 3.09 bits per heavy atom. The Bertz CT molecular complexity index is 682. The number of nitriles is 1. The number of likely N-dealkylation sites (tertiary alicyclic amines) is 1. The van der Waals surface area contributed by atoms with Crippen LogP contribution in [0.25, 0.3) is 5.57 Å². The number of hydrogen-bond donors (Lipinski definition) is 1. The van der Waals surface area contributed by atoms with E-state index in [2.05, 4.69) is 11.4 Å². The first-order chi connectivity index (χ1) is 10.6. The number of halogens is 1. The van der Waals surface area contributed by atoms with Crippen molar-refractivity contribution in [2.75, 3.05) is 25.5 Å². The largest absolute Gasteiger partial charge is 0.378 e. The van der Waals surface area contributed by atoms with Crippen LogP contribution in [0.5, 0.6) is 0 Å². The number of piperidine rings is 1. The third-order valence-corrected chi connectivity index (χ3v) is 5.51. The van der Waals surface area contributed by atoms with Crippen molar-refractivity contribution >= 4 is 22.1 Å². The molecule has 0 spiro atoms. The summed E-state index contributed by atoms with van der Waals surface area (Å²) in [6, 6.07) is 7.40. The zero-order valence-corrected chi connectivity index (χ0v) is 13.2. The summed E-state index contributed by atoms with van der Waals surface area (Å²) in [5.41, 5.74) is 2.35. The molecule has 116 valence electrons. The molecule has 1 saturated heterocycles. The van der Waals surface area contributed by atoms with Crippen molar-refractivity contribution in [3.63, 3.8) is 0 Å². The van der Waals surface area contributed by atoms with E-state index in [-0.39, 0.29) is 12.5 Å². The summed E-state index contributed by atoms with van der Waals surface area (Å²) in [6.07, 6.45) is 0.00482. The number of rotatable bonds is 3. The maximum Gasteiger partial charge on any atom is 0.133 e. The average molecular weight is 319 g/mol. The molecular formula is C16H18FN3OS. The molecule has 1 unspecified atom stereocenters. The fraction of sp³-hybridized carbons (Fsp3) is 0.438. The van der Waals surface area contributed by atoms with Crippen molar-refractivity contribution in [1.29, 1.82) is 5.26 Å². The van der Waals surface area contributed by atoms with E-state index < -0.39 is 17.0 Å². The van der Waals surface area contributed by atoms with E-state index >= 15 is 0 Å². The highest BCUT2D eigenvalue weighted by Crippen LogP contribution is 2.38. The second-order valence-corrected chi connectivity index (χ2v) is 7.01. The Labute approximate surface area is 132 Å². The van der Waals surface area contributed by atoms with Gasteiger partial charge in [-0.25, -0.2) is 8.60 Å². The Kier molecular flexibility index (Phi) is 4.27. The Hall–Kier alpha value is -1.71. The van der Waals surface area contributed by atoms with E-state index in [1.54, 1.807) is 5.41 Å². The van der Waals surface area contributed by atoms with Crippen molar-refractivity contribution in [3.05, 3.63) is 29.2 Å². The molecule has 2 aliphatic rings. The van der Waals surface area contributed by atoms with Gasteiger partial charge in [0.2, 0.25) is 0 Å². The summed E-state index contributed by atoms with van der Waals surface area (Å²) in [5.74, 6) is 0. The molecule has 3 rings (SSSR count). The van der Waals surface area contributed by atoms with Crippen LogP contribution in [0.15, 0.2) is 28.5 Å². The van der Waals surface area contributed by atoms with Crippen molar-refractivity contribution in [3.8, 4) is 6.07 Å². The molecule has 4 nitrogen and oxygen atoms in total. The third-order valence-electron chi connectivity index (χ3n) is 4.17. The normalized spacial score (nSPS) is 27.9. The van der Waals surface area contributed by atoms with E-state index in [0.29, 0.717) is 17.9 Å². The smallest absolute Gasteiger partial charge is 0.133 e. The minimum Gasteiger partial charge on any atom is -0.378 e. The number of nitrogens with zero attached hydrogens (tertiary/aromatic N) is 2. The molecule has 22 heavy (non-hydrogen) atoms. The maximum atomic E-state index is 14.2.